The summed E-state index contributed by atoms with van der Waals surface area (Å²) in [5, 5.41) is 2.57. The molecule has 0 aliphatic carbocycles. The van der Waals surface area contributed by atoms with Crippen LogP contribution in [-0.2, 0) is 4.79 Å². The van der Waals surface area contributed by atoms with Gasteiger partial charge in [0.1, 0.15) is 5.82 Å². The average molecular weight is 303 g/mol. The number of nitrogens with one attached hydrogen (secondary N) is 1. The zero-order valence-corrected chi connectivity index (χ0v) is 12.2. The second kappa shape index (κ2) is 6.85. The lowest BCUT2D eigenvalue weighted by Crippen LogP contribution is -2.09. The Kier molecular flexibility index (Phi) is 4.88. The molecule has 0 unspecified atom stereocenters. The second-order valence-corrected chi connectivity index (χ2v) is 4.68. The van der Waals surface area contributed by atoms with Gasteiger partial charge in [0.2, 0.25) is 5.91 Å². The van der Waals surface area contributed by atoms with Crippen molar-refractivity contribution in [2.75, 3.05) is 12.4 Å². The van der Waals surface area contributed by atoms with Crippen LogP contribution in [0.5, 0.6) is 5.75 Å². The minimum atomic E-state index is -0.508. The minimum Gasteiger partial charge on any atom is -0.494 e. The molecule has 0 aliphatic heterocycles. The Labute approximate surface area is 127 Å². The number of hydrogen-bond donors (Lipinski definition) is 1. The lowest BCUT2D eigenvalue weighted by molar-refractivity contribution is -0.111. The van der Waals surface area contributed by atoms with Crippen LogP contribution in [0.25, 0.3) is 6.08 Å². The van der Waals surface area contributed by atoms with Crippen LogP contribution in [0, 0.1) is 18.6 Å². The lowest BCUT2D eigenvalue weighted by Gasteiger charge is -2.06. The van der Waals surface area contributed by atoms with Gasteiger partial charge in [-0.3, -0.25) is 4.79 Å². The first-order valence-electron chi connectivity index (χ1n) is 6.58. The molecule has 0 atom stereocenters. The van der Waals surface area contributed by atoms with E-state index in [9.17, 15) is 13.6 Å². The first-order chi connectivity index (χ1) is 10.5. The van der Waals surface area contributed by atoms with Gasteiger partial charge in [-0.1, -0.05) is 12.1 Å². The van der Waals surface area contributed by atoms with Gasteiger partial charge in [0.05, 0.1) is 7.11 Å². The summed E-state index contributed by atoms with van der Waals surface area (Å²) in [5.41, 5.74) is 1.67. The summed E-state index contributed by atoms with van der Waals surface area (Å²) >= 11 is 0. The topological polar surface area (TPSA) is 38.3 Å². The summed E-state index contributed by atoms with van der Waals surface area (Å²) in [5.74, 6) is -1.23. The molecule has 0 fully saturated rings. The Bertz CT molecular complexity index is 727. The van der Waals surface area contributed by atoms with E-state index < -0.39 is 17.5 Å². The van der Waals surface area contributed by atoms with Crippen molar-refractivity contribution in [1.29, 1.82) is 0 Å². The number of halogens is 2. The number of carbonyl (C=O) groups excluding carboxylic acids is 1. The molecule has 1 amide bonds. The van der Waals surface area contributed by atoms with Crippen LogP contribution in [0.1, 0.15) is 11.1 Å². The molecule has 0 spiro atoms. The smallest absolute Gasteiger partial charge is 0.248 e. The fourth-order valence-electron chi connectivity index (χ4n) is 1.86. The monoisotopic (exact) mass is 303 g/mol. The Hall–Kier alpha value is -2.69. The van der Waals surface area contributed by atoms with Crippen molar-refractivity contribution in [2.24, 2.45) is 0 Å². The number of ether oxygens (including phenoxy) is 1. The Morgan fingerprint density at radius 3 is 2.64 bits per heavy atom. The molecule has 5 heteroatoms. The maximum absolute atomic E-state index is 13.5. The van der Waals surface area contributed by atoms with Gasteiger partial charge >= 0.3 is 0 Å². The summed E-state index contributed by atoms with van der Waals surface area (Å²) in [6, 6.07) is 8.50. The van der Waals surface area contributed by atoms with Crippen molar-refractivity contribution in [3.05, 3.63) is 65.2 Å². The number of aryl methyl sites for hydroxylation is 1. The standard InChI is InChI=1S/C17H15F2NO2/c1-11-3-6-13(18)10-15(11)20-17(21)8-5-12-4-7-16(22-2)14(19)9-12/h3-10H,1-2H3,(H,20,21)/b8-5+. The number of hydrogen-bond acceptors (Lipinski definition) is 2. The molecule has 0 saturated carbocycles. The zero-order chi connectivity index (χ0) is 16.1. The maximum atomic E-state index is 13.5. The fraction of sp³-hybridized carbons (Fsp3) is 0.118. The van der Waals surface area contributed by atoms with Crippen molar-refractivity contribution in [2.45, 2.75) is 6.92 Å². The normalized spacial score (nSPS) is 10.7. The van der Waals surface area contributed by atoms with Crippen LogP contribution in [-0.4, -0.2) is 13.0 Å². The van der Waals surface area contributed by atoms with E-state index in [1.807, 2.05) is 0 Å². The van der Waals surface area contributed by atoms with Crippen LogP contribution in [0.15, 0.2) is 42.5 Å². The third kappa shape index (κ3) is 3.91. The molecule has 1 N–H and O–H groups in total. The van der Waals surface area contributed by atoms with Gasteiger partial charge in [0.25, 0.3) is 0 Å². The summed E-state index contributed by atoms with van der Waals surface area (Å²) in [7, 11) is 1.38. The van der Waals surface area contributed by atoms with Crippen molar-refractivity contribution < 1.29 is 18.3 Å². The molecule has 2 aromatic carbocycles. The Balaban J connectivity index is 2.08. The van der Waals surface area contributed by atoms with Gasteiger partial charge in [0.15, 0.2) is 11.6 Å². The summed E-state index contributed by atoms with van der Waals surface area (Å²) in [4.78, 5) is 11.8. The highest BCUT2D eigenvalue weighted by molar-refractivity contribution is 6.02. The maximum Gasteiger partial charge on any atom is 0.248 e. The molecule has 114 valence electrons. The molecular weight excluding hydrogens is 288 g/mol. The van der Waals surface area contributed by atoms with Gasteiger partial charge in [0, 0.05) is 11.8 Å². The van der Waals surface area contributed by atoms with E-state index in [-0.39, 0.29) is 5.75 Å². The number of amides is 1. The summed E-state index contributed by atoms with van der Waals surface area (Å²) in [6.45, 7) is 1.76. The van der Waals surface area contributed by atoms with E-state index in [0.717, 1.165) is 5.56 Å². The van der Waals surface area contributed by atoms with Gasteiger partial charge in [-0.25, -0.2) is 8.78 Å². The van der Waals surface area contributed by atoms with Crippen molar-refractivity contribution in [1.82, 2.24) is 0 Å². The number of carbonyl (C=O) groups is 1. The molecule has 3 nitrogen and oxygen atoms in total. The van der Waals surface area contributed by atoms with E-state index in [4.69, 9.17) is 4.74 Å². The highest BCUT2D eigenvalue weighted by atomic mass is 19.1. The van der Waals surface area contributed by atoms with Crippen LogP contribution >= 0.6 is 0 Å². The molecule has 0 radical (unpaired) electrons. The van der Waals surface area contributed by atoms with Crippen molar-refractivity contribution in [3.63, 3.8) is 0 Å². The number of methoxy groups -OCH3 is 1. The van der Waals surface area contributed by atoms with E-state index in [0.29, 0.717) is 11.3 Å². The number of rotatable bonds is 4. The van der Waals surface area contributed by atoms with E-state index >= 15 is 0 Å². The fourth-order valence-corrected chi connectivity index (χ4v) is 1.86. The predicted octanol–water partition coefficient (Wildman–Crippen LogP) is 3.93. The summed E-state index contributed by atoms with van der Waals surface area (Å²) < 4.78 is 31.5. The third-order valence-corrected chi connectivity index (χ3v) is 3.06. The van der Waals surface area contributed by atoms with Gasteiger partial charge < -0.3 is 10.1 Å². The quantitative estimate of drug-likeness (QED) is 0.869. The largest absolute Gasteiger partial charge is 0.494 e. The zero-order valence-electron chi connectivity index (χ0n) is 12.2. The second-order valence-electron chi connectivity index (χ2n) is 4.68. The highest BCUT2D eigenvalue weighted by Crippen LogP contribution is 2.19. The molecule has 22 heavy (non-hydrogen) atoms. The highest BCUT2D eigenvalue weighted by Gasteiger charge is 2.04. The molecule has 0 heterocycles. The van der Waals surface area contributed by atoms with Gasteiger partial charge in [-0.2, -0.15) is 0 Å². The van der Waals surface area contributed by atoms with Crippen molar-refractivity contribution in [3.8, 4) is 5.75 Å². The first kappa shape index (κ1) is 15.7. The average Bonchev–Trinajstić information content (AvgIpc) is 2.49. The predicted molar refractivity (Wildman–Crippen MR) is 81.8 cm³/mol. The molecule has 2 aromatic rings. The van der Waals surface area contributed by atoms with Gasteiger partial charge in [-0.05, 0) is 48.4 Å². The molecule has 0 saturated heterocycles. The SMILES string of the molecule is COc1ccc(/C=C/C(=O)Nc2cc(F)ccc2C)cc1F. The Morgan fingerprint density at radius 2 is 1.95 bits per heavy atom. The number of benzene rings is 2. The molecule has 0 bridgehead atoms. The molecule has 2 rings (SSSR count). The third-order valence-electron chi connectivity index (χ3n) is 3.06. The minimum absolute atomic E-state index is 0.136. The lowest BCUT2D eigenvalue weighted by atomic mass is 10.2. The van der Waals surface area contributed by atoms with Crippen LogP contribution in [0.2, 0.25) is 0 Å². The van der Waals surface area contributed by atoms with Crippen molar-refractivity contribution >= 4 is 17.7 Å². The molecule has 0 aromatic heterocycles. The van der Waals surface area contributed by atoms with Gasteiger partial charge in [-0.15, -0.1) is 0 Å². The first-order valence-corrected chi connectivity index (χ1v) is 6.58. The van der Waals surface area contributed by atoms with E-state index in [2.05, 4.69) is 5.32 Å². The molecular formula is C17H15F2NO2. The van der Waals surface area contributed by atoms with E-state index in [1.54, 1.807) is 19.1 Å². The van der Waals surface area contributed by atoms with Crippen LogP contribution < -0.4 is 10.1 Å². The van der Waals surface area contributed by atoms with E-state index in [1.165, 1.54) is 43.5 Å². The number of anilines is 1. The van der Waals surface area contributed by atoms with Crippen LogP contribution in [0.4, 0.5) is 14.5 Å². The van der Waals surface area contributed by atoms with Crippen LogP contribution in [0.3, 0.4) is 0 Å². The Morgan fingerprint density at radius 1 is 1.18 bits per heavy atom. The summed E-state index contributed by atoms with van der Waals surface area (Å²) in [6.07, 6.45) is 2.72. The molecule has 0 aliphatic rings.